The Morgan fingerprint density at radius 1 is 0.141 bits per heavy atom. The van der Waals surface area contributed by atoms with Gasteiger partial charge in [0.1, 0.15) is 49.2 Å². The Hall–Kier alpha value is -17.6. The fourth-order valence-electron chi connectivity index (χ4n) is 14.7. The zero-order chi connectivity index (χ0) is 94.5. The summed E-state index contributed by atoms with van der Waals surface area (Å²) in [6.45, 7) is 10.4. The van der Waals surface area contributed by atoms with Crippen LogP contribution in [0.15, 0.2) is 467 Å². The molecule has 0 aliphatic carbocycles. The van der Waals surface area contributed by atoms with Gasteiger partial charge in [0.15, 0.2) is 0 Å². The molecule has 0 radical (unpaired) electrons. The molecule has 0 spiro atoms. The van der Waals surface area contributed by atoms with E-state index >= 15 is 0 Å². The number of para-hydroxylation sites is 5. The Labute approximate surface area is 791 Å². The van der Waals surface area contributed by atoms with Gasteiger partial charge < -0.3 is 38.9 Å². The molecule has 14 heteroatoms. The minimum absolute atomic E-state index is 0.646. The number of aldehydes is 6. The van der Waals surface area contributed by atoms with Gasteiger partial charge in [-0.1, -0.05) is 179 Å². The number of anilines is 18. The molecular weight excluding hydrogens is 1670 g/mol. The number of hydrogen-bond acceptors (Lipinski definition) is 14. The first-order valence-electron chi connectivity index (χ1n) is 44.1. The van der Waals surface area contributed by atoms with Crippen LogP contribution in [0.3, 0.4) is 0 Å². The van der Waals surface area contributed by atoms with Crippen molar-refractivity contribution in [1.29, 1.82) is 0 Å². The lowest BCUT2D eigenvalue weighted by atomic mass is 10.1. The van der Waals surface area contributed by atoms with E-state index in [9.17, 15) is 28.8 Å². The Morgan fingerprint density at radius 3 is 0.356 bits per heavy atom. The maximum absolute atomic E-state index is 10.9. The number of benzene rings is 18. The summed E-state index contributed by atoms with van der Waals surface area (Å²) in [5, 5.41) is 0. The third-order valence-corrected chi connectivity index (χ3v) is 21.9. The Balaban J connectivity index is 0.000000137. The molecule has 0 bridgehead atoms. The molecule has 18 aromatic carbocycles. The van der Waals surface area contributed by atoms with Crippen molar-refractivity contribution in [2.75, 3.05) is 43.6 Å². The maximum atomic E-state index is 10.9. The highest BCUT2D eigenvalue weighted by atomic mass is 16.5. The molecular formula is C121H104N6O8. The highest BCUT2D eigenvalue weighted by molar-refractivity contribution is 5.87. The summed E-state index contributed by atoms with van der Waals surface area (Å²) < 4.78 is 10.5. The van der Waals surface area contributed by atoms with Crippen molar-refractivity contribution in [3.05, 3.63) is 528 Å². The van der Waals surface area contributed by atoms with Gasteiger partial charge in [0.05, 0.1) is 14.2 Å². The summed E-state index contributed by atoms with van der Waals surface area (Å²) in [7, 11) is 3.29. The summed E-state index contributed by atoms with van der Waals surface area (Å²) in [4.78, 5) is 78.2. The first-order chi connectivity index (χ1) is 66.1. The number of methoxy groups -OCH3 is 2. The van der Waals surface area contributed by atoms with Gasteiger partial charge in [0.25, 0.3) is 0 Å². The van der Waals surface area contributed by atoms with Crippen LogP contribution in [0.5, 0.6) is 11.5 Å². The van der Waals surface area contributed by atoms with Crippen LogP contribution in [0.2, 0.25) is 0 Å². The largest absolute Gasteiger partial charge is 0.497 e. The minimum Gasteiger partial charge on any atom is -0.497 e. The van der Waals surface area contributed by atoms with Crippen LogP contribution in [0, 0.1) is 34.6 Å². The van der Waals surface area contributed by atoms with Crippen LogP contribution < -0.4 is 38.9 Å². The van der Waals surface area contributed by atoms with Crippen molar-refractivity contribution in [3.8, 4) is 11.5 Å². The minimum atomic E-state index is 0.646. The molecule has 666 valence electrons. The monoisotopic (exact) mass is 1770 g/mol. The molecule has 0 aliphatic rings. The predicted molar refractivity (Wildman–Crippen MR) is 556 cm³/mol. The molecule has 0 saturated heterocycles. The van der Waals surface area contributed by atoms with Gasteiger partial charge in [0, 0.05) is 136 Å². The zero-order valence-electron chi connectivity index (χ0n) is 76.4. The molecule has 18 aromatic rings. The van der Waals surface area contributed by atoms with Crippen LogP contribution >= 0.6 is 0 Å². The standard InChI is InChI=1S/C21H19NO3.C21H19NO.3C20H17NO.C19H15NO/c1-24-20-11-7-18(8-12-20)22(17-5-3-16(15-23)4-6-17)19-9-13-21(25-2)14-10-19;1-16-3-9-19(10-4-16)22(20-11-5-17(2)6-12-20)21-13-7-18(15-23)8-14-21;3*1-16-7-11-19(12-8-16)21(18-5-3-2-4-6-18)20-13-9-17(15-22)10-14-20;21-15-16-11-13-19(14-12-16)20(17-7-3-1-4-8-17)18-9-5-2-6-10-18/h3-15H,1-2H3;3-15H,1-2H3;3*2-15H,1H3;1-15H. The highest BCUT2D eigenvalue weighted by Crippen LogP contribution is 2.42. The zero-order valence-corrected chi connectivity index (χ0v) is 76.4. The van der Waals surface area contributed by atoms with Crippen LogP contribution in [0.4, 0.5) is 102 Å². The van der Waals surface area contributed by atoms with E-state index in [4.69, 9.17) is 9.47 Å². The quantitative estimate of drug-likeness (QED) is 0.0475. The van der Waals surface area contributed by atoms with Gasteiger partial charge in [-0.25, -0.2) is 0 Å². The van der Waals surface area contributed by atoms with Crippen molar-refractivity contribution in [2.24, 2.45) is 0 Å². The van der Waals surface area contributed by atoms with E-state index in [0.29, 0.717) is 33.4 Å². The van der Waals surface area contributed by atoms with E-state index in [1.165, 1.54) is 27.8 Å². The number of carbonyl (C=O) groups is 6. The second-order valence-corrected chi connectivity index (χ2v) is 31.5. The Morgan fingerprint density at radius 2 is 0.244 bits per heavy atom. The van der Waals surface area contributed by atoms with E-state index in [0.717, 1.165) is 152 Å². The topological polar surface area (TPSA) is 140 Å². The fraction of sp³-hybridized carbons (Fsp3) is 0.0579. The summed E-state index contributed by atoms with van der Waals surface area (Å²) >= 11 is 0. The normalized spacial score (nSPS) is 10.2. The van der Waals surface area contributed by atoms with Crippen LogP contribution in [0.25, 0.3) is 0 Å². The lowest BCUT2D eigenvalue weighted by molar-refractivity contribution is 0.111. The molecule has 0 aliphatic heterocycles. The molecule has 18 rings (SSSR count). The summed E-state index contributed by atoms with van der Waals surface area (Å²) in [6.07, 6.45) is 5.16. The molecule has 0 saturated carbocycles. The molecule has 0 heterocycles. The van der Waals surface area contributed by atoms with E-state index in [-0.39, 0.29) is 0 Å². The van der Waals surface area contributed by atoms with Gasteiger partial charge in [-0.2, -0.15) is 0 Å². The second-order valence-electron chi connectivity index (χ2n) is 31.5. The van der Waals surface area contributed by atoms with Gasteiger partial charge in [0.2, 0.25) is 0 Å². The Bertz CT molecular complexity index is 6240. The SMILES string of the molecule is COc1ccc(N(c2ccc(C=O)cc2)c2ccc(OC)cc2)cc1.Cc1ccc(N(c2ccc(C)cc2)c2ccc(C=O)cc2)cc1.Cc1ccc(N(c2ccccc2)c2ccc(C=O)cc2)cc1.Cc1ccc(N(c2ccccc2)c2ccc(C=O)cc2)cc1.Cc1ccc(N(c2ccccc2)c2ccc(C=O)cc2)cc1.O=Cc1ccc(N(c2ccccc2)c2ccccc2)cc1. The lowest BCUT2D eigenvalue weighted by Crippen LogP contribution is -2.09. The molecule has 0 fully saturated rings. The maximum Gasteiger partial charge on any atom is 0.150 e. The number of carbonyl (C=O) groups excluding carboxylic acids is 6. The van der Waals surface area contributed by atoms with Crippen molar-refractivity contribution >= 4 is 140 Å². The van der Waals surface area contributed by atoms with E-state index < -0.39 is 0 Å². The van der Waals surface area contributed by atoms with E-state index in [1.807, 2.05) is 285 Å². The summed E-state index contributed by atoms with van der Waals surface area (Å²) in [5.74, 6) is 1.60. The van der Waals surface area contributed by atoms with Crippen LogP contribution in [-0.4, -0.2) is 51.9 Å². The van der Waals surface area contributed by atoms with Crippen molar-refractivity contribution in [3.63, 3.8) is 0 Å². The molecule has 0 unspecified atom stereocenters. The van der Waals surface area contributed by atoms with Crippen molar-refractivity contribution < 1.29 is 38.2 Å². The first kappa shape index (κ1) is 95.0. The number of hydrogen-bond donors (Lipinski definition) is 0. The van der Waals surface area contributed by atoms with Gasteiger partial charge in [-0.3, -0.25) is 28.8 Å². The van der Waals surface area contributed by atoms with Crippen LogP contribution in [-0.2, 0) is 0 Å². The summed E-state index contributed by atoms with van der Waals surface area (Å²) in [5.41, 5.74) is 29.2. The van der Waals surface area contributed by atoms with Gasteiger partial charge in [-0.15, -0.1) is 0 Å². The van der Waals surface area contributed by atoms with E-state index in [1.54, 1.807) is 14.2 Å². The molecule has 0 N–H and O–H groups in total. The second kappa shape index (κ2) is 48.7. The fourth-order valence-corrected chi connectivity index (χ4v) is 14.7. The first-order valence-corrected chi connectivity index (χ1v) is 44.1. The Kier molecular flexibility index (Phi) is 34.3. The molecule has 0 aromatic heterocycles. The average molecular weight is 1770 g/mol. The molecule has 135 heavy (non-hydrogen) atoms. The van der Waals surface area contributed by atoms with E-state index in [2.05, 4.69) is 246 Å². The summed E-state index contributed by atoms with van der Waals surface area (Å²) in [6, 6.07) is 154. The molecule has 0 atom stereocenters. The van der Waals surface area contributed by atoms with Crippen molar-refractivity contribution in [2.45, 2.75) is 34.6 Å². The molecule has 0 amide bonds. The average Bonchev–Trinajstić information content (AvgIpc) is 0.832. The van der Waals surface area contributed by atoms with Gasteiger partial charge in [-0.05, 0) is 350 Å². The third kappa shape index (κ3) is 26.4. The number of ether oxygens (including phenoxy) is 2. The lowest BCUT2D eigenvalue weighted by Gasteiger charge is -2.25. The smallest absolute Gasteiger partial charge is 0.150 e. The van der Waals surface area contributed by atoms with Crippen LogP contribution in [0.1, 0.15) is 90.0 Å². The molecule has 14 nitrogen and oxygen atoms in total. The number of nitrogens with zero attached hydrogens (tertiary/aromatic N) is 6. The van der Waals surface area contributed by atoms with Gasteiger partial charge >= 0.3 is 0 Å². The third-order valence-electron chi connectivity index (χ3n) is 21.9. The number of rotatable bonds is 26. The predicted octanol–water partition coefficient (Wildman–Crippen LogP) is 31.4. The highest BCUT2D eigenvalue weighted by Gasteiger charge is 2.20. The van der Waals surface area contributed by atoms with Crippen molar-refractivity contribution in [1.82, 2.24) is 0 Å². The number of aryl methyl sites for hydroxylation is 5.